The van der Waals surface area contributed by atoms with E-state index in [1.807, 2.05) is 84.9 Å². The topological polar surface area (TPSA) is 51.6 Å². The number of hydrogen-bond acceptors (Lipinski definition) is 4. The van der Waals surface area contributed by atoms with Crippen LogP contribution < -0.4 is 0 Å². The molecule has 4 nitrogen and oxygen atoms in total. The summed E-state index contributed by atoms with van der Waals surface area (Å²) in [6.45, 7) is -2.20. The van der Waals surface area contributed by atoms with Crippen molar-refractivity contribution in [3.63, 3.8) is 0 Å². The van der Waals surface area contributed by atoms with Gasteiger partial charge in [0.2, 0.25) is 0 Å². The molecular formula is C37H24N4. The Bertz CT molecular complexity index is 2400. The molecule has 3 aromatic heterocycles. The maximum atomic E-state index is 7.90. The number of hydrogen-bond donors (Lipinski definition) is 0. The van der Waals surface area contributed by atoms with E-state index in [0.717, 1.165) is 54.7 Å². The maximum absolute atomic E-state index is 7.90. The molecule has 192 valence electrons. The smallest absolute Gasteiger partial charge is 0.116 e. The Kier molecular flexibility index (Phi) is 4.64. The first-order valence-electron chi connectivity index (χ1n) is 15.0. The predicted molar refractivity (Wildman–Crippen MR) is 169 cm³/mol. The monoisotopic (exact) mass is 527 g/mol. The second-order valence-electron chi connectivity index (χ2n) is 10.1. The van der Waals surface area contributed by atoms with E-state index in [4.69, 9.17) is 24.0 Å². The summed E-state index contributed by atoms with van der Waals surface area (Å²) in [5.74, 6) is 0. The van der Waals surface area contributed by atoms with Crippen LogP contribution in [0.4, 0.5) is 0 Å². The van der Waals surface area contributed by atoms with Crippen LogP contribution in [0.1, 0.15) is 9.68 Å². The first kappa shape index (κ1) is 20.4. The highest BCUT2D eigenvalue weighted by Gasteiger charge is 2.16. The van der Waals surface area contributed by atoms with E-state index in [2.05, 4.69) is 30.3 Å². The van der Waals surface area contributed by atoms with E-state index in [1.165, 1.54) is 0 Å². The third-order valence-electron chi connectivity index (χ3n) is 7.52. The average molecular weight is 528 g/mol. The molecule has 0 aliphatic carbocycles. The lowest BCUT2D eigenvalue weighted by Crippen LogP contribution is -1.98. The number of aryl methyl sites for hydroxylation is 1. The lowest BCUT2D eigenvalue weighted by atomic mass is 10.0. The van der Waals surface area contributed by atoms with E-state index >= 15 is 0 Å². The van der Waals surface area contributed by atoms with Gasteiger partial charge in [0.15, 0.2) is 0 Å². The Labute approximate surface area is 241 Å². The van der Waals surface area contributed by atoms with Gasteiger partial charge < -0.3 is 0 Å². The van der Waals surface area contributed by atoms with E-state index < -0.39 is 6.85 Å². The molecule has 41 heavy (non-hydrogen) atoms. The molecule has 0 amide bonds. The van der Waals surface area contributed by atoms with Crippen molar-refractivity contribution >= 4 is 43.5 Å². The van der Waals surface area contributed by atoms with Gasteiger partial charge in [0.05, 0.1) is 39.3 Å². The van der Waals surface area contributed by atoms with E-state index in [1.54, 1.807) is 12.1 Å². The van der Waals surface area contributed by atoms with Crippen LogP contribution >= 0.6 is 0 Å². The van der Waals surface area contributed by atoms with Crippen molar-refractivity contribution in [3.05, 3.63) is 133 Å². The summed E-state index contributed by atoms with van der Waals surface area (Å²) in [6, 6.07) is 41.5. The van der Waals surface area contributed by atoms with Gasteiger partial charge in [0.25, 0.3) is 0 Å². The number of para-hydroxylation sites is 2. The highest BCUT2D eigenvalue weighted by atomic mass is 14.9. The molecule has 0 unspecified atom stereocenters. The molecule has 8 aromatic rings. The van der Waals surface area contributed by atoms with Gasteiger partial charge in [-0.15, -0.1) is 0 Å². The quantitative estimate of drug-likeness (QED) is 0.215. The molecule has 0 N–H and O–H groups in total. The summed E-state index contributed by atoms with van der Waals surface area (Å²) in [4.78, 5) is 20.2. The van der Waals surface area contributed by atoms with E-state index in [-0.39, 0.29) is 0 Å². The van der Waals surface area contributed by atoms with Crippen LogP contribution in [0, 0.1) is 6.85 Å². The van der Waals surface area contributed by atoms with Crippen molar-refractivity contribution < 1.29 is 4.11 Å². The van der Waals surface area contributed by atoms with Gasteiger partial charge in [0.1, 0.15) is 5.69 Å². The SMILES string of the molecule is [2H]C([2H])([2H])c1ccc2ccc3ccc(-c4cccc(-c5nc6ccccc6nc5-c5ccc6ccccc6c5)n4)nc3c2c1. The van der Waals surface area contributed by atoms with Crippen LogP contribution in [-0.4, -0.2) is 19.9 Å². The van der Waals surface area contributed by atoms with Gasteiger partial charge in [0, 0.05) is 20.4 Å². The van der Waals surface area contributed by atoms with Crippen molar-refractivity contribution in [2.75, 3.05) is 0 Å². The number of rotatable bonds is 3. The number of aromatic nitrogens is 4. The molecule has 0 atom stereocenters. The summed E-state index contributed by atoms with van der Waals surface area (Å²) >= 11 is 0. The second-order valence-corrected chi connectivity index (χ2v) is 10.1. The third-order valence-corrected chi connectivity index (χ3v) is 7.52. The molecule has 3 heterocycles. The fourth-order valence-corrected chi connectivity index (χ4v) is 5.47. The largest absolute Gasteiger partial charge is 0.245 e. The Morgan fingerprint density at radius 1 is 0.463 bits per heavy atom. The Balaban J connectivity index is 1.30. The minimum absolute atomic E-state index is 0.293. The molecule has 0 aliphatic rings. The third kappa shape index (κ3) is 4.09. The first-order valence-corrected chi connectivity index (χ1v) is 13.5. The summed E-state index contributed by atoms with van der Waals surface area (Å²) in [7, 11) is 0. The summed E-state index contributed by atoms with van der Waals surface area (Å²) in [6.07, 6.45) is 0. The van der Waals surface area contributed by atoms with Crippen LogP contribution in [0.5, 0.6) is 0 Å². The van der Waals surface area contributed by atoms with Gasteiger partial charge in [-0.05, 0) is 65.5 Å². The molecule has 0 saturated carbocycles. The Morgan fingerprint density at radius 3 is 2.02 bits per heavy atom. The van der Waals surface area contributed by atoms with Crippen LogP contribution in [-0.2, 0) is 0 Å². The van der Waals surface area contributed by atoms with E-state index in [9.17, 15) is 0 Å². The summed E-state index contributed by atoms with van der Waals surface area (Å²) in [5, 5.41) is 4.95. The van der Waals surface area contributed by atoms with E-state index in [0.29, 0.717) is 28.3 Å². The molecule has 0 saturated heterocycles. The van der Waals surface area contributed by atoms with Crippen molar-refractivity contribution in [2.24, 2.45) is 0 Å². The summed E-state index contributed by atoms with van der Waals surface area (Å²) in [5.41, 5.74) is 7.11. The van der Waals surface area contributed by atoms with Crippen molar-refractivity contribution in [1.82, 2.24) is 19.9 Å². The van der Waals surface area contributed by atoms with Gasteiger partial charge in [-0.1, -0.05) is 90.5 Å². The molecule has 4 heteroatoms. The molecular weight excluding hydrogens is 500 g/mol. The minimum Gasteiger partial charge on any atom is -0.245 e. The maximum Gasteiger partial charge on any atom is 0.116 e. The molecule has 0 fully saturated rings. The summed E-state index contributed by atoms with van der Waals surface area (Å²) < 4.78 is 23.7. The van der Waals surface area contributed by atoms with Crippen molar-refractivity contribution in [2.45, 2.75) is 6.85 Å². The zero-order valence-electron chi connectivity index (χ0n) is 24.9. The normalized spacial score (nSPS) is 12.9. The van der Waals surface area contributed by atoms with Gasteiger partial charge in [-0.2, -0.15) is 0 Å². The number of pyridine rings is 2. The number of nitrogens with zero attached hydrogens (tertiary/aromatic N) is 4. The van der Waals surface area contributed by atoms with Crippen molar-refractivity contribution in [1.29, 1.82) is 0 Å². The highest BCUT2D eigenvalue weighted by molar-refractivity contribution is 6.06. The molecule has 0 spiro atoms. The van der Waals surface area contributed by atoms with Crippen LogP contribution in [0.2, 0.25) is 0 Å². The zero-order valence-corrected chi connectivity index (χ0v) is 21.9. The van der Waals surface area contributed by atoms with Crippen LogP contribution in [0.15, 0.2) is 127 Å². The molecule has 0 aliphatic heterocycles. The molecule has 5 aromatic carbocycles. The van der Waals surface area contributed by atoms with Gasteiger partial charge in [-0.25, -0.2) is 19.9 Å². The fraction of sp³-hybridized carbons (Fsp3) is 0.0270. The molecule has 8 rings (SSSR count). The number of benzene rings is 5. The lowest BCUT2D eigenvalue weighted by Gasteiger charge is -2.12. The highest BCUT2D eigenvalue weighted by Crippen LogP contribution is 2.33. The Hall–Kier alpha value is -5.48. The van der Waals surface area contributed by atoms with Crippen molar-refractivity contribution in [3.8, 4) is 34.0 Å². The number of fused-ring (bicyclic) bond motifs is 5. The van der Waals surface area contributed by atoms with Gasteiger partial charge >= 0.3 is 0 Å². The van der Waals surface area contributed by atoms with Crippen LogP contribution in [0.25, 0.3) is 77.5 Å². The van der Waals surface area contributed by atoms with Crippen LogP contribution in [0.3, 0.4) is 0 Å². The zero-order chi connectivity index (χ0) is 29.8. The standard InChI is InChI=1S/C37H24N4/c1-23-13-14-25-16-17-26-19-20-33(39-35(26)29(25)21-23)30-11-6-12-34(38-30)37-36(40-31-9-4-5-10-32(31)41-37)28-18-15-24-7-2-3-8-27(24)22-28/h2-22H,1H3/i1D3. The molecule has 0 bridgehead atoms. The predicted octanol–water partition coefficient (Wildman–Crippen LogP) is 9.19. The Morgan fingerprint density at radius 2 is 1.15 bits per heavy atom. The average Bonchev–Trinajstić information content (AvgIpc) is 3.06. The second kappa shape index (κ2) is 9.32. The van der Waals surface area contributed by atoms with Gasteiger partial charge in [-0.3, -0.25) is 0 Å². The lowest BCUT2D eigenvalue weighted by molar-refractivity contribution is 1.22. The fourth-order valence-electron chi connectivity index (χ4n) is 5.47. The first-order chi connectivity index (χ1) is 21.4. The molecule has 0 radical (unpaired) electrons. The minimum atomic E-state index is -2.20.